The molecule has 1 amide bonds. The molecule has 2 aromatic rings. The van der Waals surface area contributed by atoms with Gasteiger partial charge in [0.2, 0.25) is 0 Å². The maximum Gasteiger partial charge on any atom is 0.416 e. The first-order chi connectivity index (χ1) is 13.7. The minimum atomic E-state index is -4.46. The van der Waals surface area contributed by atoms with E-state index in [4.69, 9.17) is 11.6 Å². The Hall–Kier alpha value is -2.61. The summed E-state index contributed by atoms with van der Waals surface area (Å²) in [5, 5.41) is 3.40. The van der Waals surface area contributed by atoms with Crippen LogP contribution in [0.4, 0.5) is 19.0 Å². The van der Waals surface area contributed by atoms with E-state index < -0.39 is 11.7 Å². The fraction of sp³-hybridized carbons (Fsp3) is 0.350. The fourth-order valence-corrected chi connectivity index (χ4v) is 4.00. The maximum atomic E-state index is 13.4. The van der Waals surface area contributed by atoms with Crippen LogP contribution in [0.3, 0.4) is 0 Å². The molecule has 2 aliphatic rings. The molecule has 1 aromatic carbocycles. The van der Waals surface area contributed by atoms with Gasteiger partial charge in [0.05, 0.1) is 16.8 Å². The molecule has 1 aromatic heterocycles. The van der Waals surface area contributed by atoms with Crippen LogP contribution in [-0.4, -0.2) is 40.5 Å². The Morgan fingerprint density at radius 3 is 2.72 bits per heavy atom. The van der Waals surface area contributed by atoms with Crippen LogP contribution in [0.5, 0.6) is 0 Å². The van der Waals surface area contributed by atoms with E-state index in [0.29, 0.717) is 40.8 Å². The van der Waals surface area contributed by atoms with E-state index in [1.54, 1.807) is 31.0 Å². The van der Waals surface area contributed by atoms with Crippen molar-refractivity contribution in [2.45, 2.75) is 32.5 Å². The number of carbonyl (C=O) groups excluding carboxylic acids is 1. The number of nitrogens with zero attached hydrogens (tertiary/aromatic N) is 3. The number of hydrogen-bond donors (Lipinski definition) is 1. The number of amides is 1. The van der Waals surface area contributed by atoms with E-state index in [-0.39, 0.29) is 30.1 Å². The lowest BCUT2D eigenvalue weighted by atomic mass is 10.0. The second kappa shape index (κ2) is 7.02. The number of rotatable bonds is 4. The van der Waals surface area contributed by atoms with Gasteiger partial charge in [-0.1, -0.05) is 17.7 Å². The number of fused-ring (bicyclic) bond motifs is 2. The third kappa shape index (κ3) is 3.46. The van der Waals surface area contributed by atoms with Gasteiger partial charge in [0.15, 0.2) is 0 Å². The van der Waals surface area contributed by atoms with E-state index in [1.165, 1.54) is 0 Å². The van der Waals surface area contributed by atoms with Gasteiger partial charge in [-0.2, -0.15) is 13.2 Å². The number of benzene rings is 1. The van der Waals surface area contributed by atoms with Crippen molar-refractivity contribution in [2.24, 2.45) is 0 Å². The molecule has 0 atom stereocenters. The van der Waals surface area contributed by atoms with Crippen LogP contribution in [0.25, 0.3) is 5.57 Å². The number of halogens is 4. The zero-order valence-electron chi connectivity index (χ0n) is 15.8. The van der Waals surface area contributed by atoms with Crippen molar-refractivity contribution in [3.63, 3.8) is 0 Å². The van der Waals surface area contributed by atoms with Crippen molar-refractivity contribution in [1.29, 1.82) is 0 Å². The van der Waals surface area contributed by atoms with Crippen LogP contribution >= 0.6 is 11.6 Å². The number of hydrogen-bond acceptors (Lipinski definition) is 4. The molecule has 0 spiro atoms. The number of carbonyl (C=O) groups is 1. The summed E-state index contributed by atoms with van der Waals surface area (Å²) in [7, 11) is 1.72. The lowest BCUT2D eigenvalue weighted by Gasteiger charge is -2.16. The lowest BCUT2D eigenvalue weighted by Crippen LogP contribution is -2.17. The van der Waals surface area contributed by atoms with Gasteiger partial charge < -0.3 is 10.2 Å². The highest BCUT2D eigenvalue weighted by molar-refractivity contribution is 6.31. The molecular weight excluding hydrogens is 405 g/mol. The molecule has 0 saturated carbocycles. The highest BCUT2D eigenvalue weighted by atomic mass is 35.5. The van der Waals surface area contributed by atoms with Crippen molar-refractivity contribution in [3.05, 3.63) is 57.0 Å². The van der Waals surface area contributed by atoms with Crippen LogP contribution in [0.2, 0.25) is 5.02 Å². The molecule has 2 heterocycles. The molecule has 0 fully saturated rings. The molecule has 0 unspecified atom stereocenters. The average molecular weight is 423 g/mol. The maximum absolute atomic E-state index is 13.4. The predicted molar refractivity (Wildman–Crippen MR) is 104 cm³/mol. The van der Waals surface area contributed by atoms with Crippen LogP contribution in [0.1, 0.15) is 45.5 Å². The summed E-state index contributed by atoms with van der Waals surface area (Å²) in [6, 6.07) is 3.49. The van der Waals surface area contributed by atoms with Crippen LogP contribution in [0.15, 0.2) is 18.2 Å². The standard InChI is InChI=1S/C20H18ClF3N4O/c1-3-25-18-17-13(20(22,23)24)4-5-15(17)26-16(27-18)8-10-6-12-11(7-14(10)21)9-28(2)19(12)29/h4,6-7H,3,5,8-9H2,1-2H3,(H,25,26,27). The van der Waals surface area contributed by atoms with Crippen molar-refractivity contribution < 1.29 is 18.0 Å². The fourth-order valence-electron chi connectivity index (χ4n) is 3.75. The van der Waals surface area contributed by atoms with Crippen molar-refractivity contribution in [2.75, 3.05) is 18.9 Å². The summed E-state index contributed by atoms with van der Waals surface area (Å²) in [4.78, 5) is 22.6. The Balaban J connectivity index is 1.72. The number of allylic oxidation sites excluding steroid dienone is 2. The van der Waals surface area contributed by atoms with Crippen LogP contribution < -0.4 is 5.32 Å². The van der Waals surface area contributed by atoms with E-state index in [2.05, 4.69) is 15.3 Å². The topological polar surface area (TPSA) is 58.1 Å². The molecule has 5 nitrogen and oxygen atoms in total. The summed E-state index contributed by atoms with van der Waals surface area (Å²) in [6.45, 7) is 2.72. The van der Waals surface area contributed by atoms with Gasteiger partial charge in [-0.3, -0.25) is 4.79 Å². The molecule has 29 heavy (non-hydrogen) atoms. The number of nitrogens with one attached hydrogen (secondary N) is 1. The van der Waals surface area contributed by atoms with Gasteiger partial charge in [-0.25, -0.2) is 9.97 Å². The first kappa shape index (κ1) is 19.7. The predicted octanol–water partition coefficient (Wildman–Crippen LogP) is 4.24. The Morgan fingerprint density at radius 1 is 1.28 bits per heavy atom. The second-order valence-corrected chi connectivity index (χ2v) is 7.51. The largest absolute Gasteiger partial charge is 0.416 e. The molecule has 9 heteroatoms. The van der Waals surface area contributed by atoms with Crippen molar-refractivity contribution in [3.8, 4) is 0 Å². The smallest absolute Gasteiger partial charge is 0.370 e. The monoisotopic (exact) mass is 422 g/mol. The van der Waals surface area contributed by atoms with Crippen molar-refractivity contribution >= 4 is 28.9 Å². The Labute approximate surface area is 170 Å². The number of aromatic nitrogens is 2. The first-order valence-corrected chi connectivity index (χ1v) is 9.55. The zero-order chi connectivity index (χ0) is 20.9. The molecule has 0 saturated heterocycles. The Kier molecular flexibility index (Phi) is 4.77. The van der Waals surface area contributed by atoms with Gasteiger partial charge in [0.1, 0.15) is 11.6 Å². The van der Waals surface area contributed by atoms with Crippen LogP contribution in [-0.2, 0) is 19.4 Å². The summed E-state index contributed by atoms with van der Waals surface area (Å²) >= 11 is 6.39. The lowest BCUT2D eigenvalue weighted by molar-refractivity contribution is -0.0687. The summed E-state index contributed by atoms with van der Waals surface area (Å²) < 4.78 is 40.1. The van der Waals surface area contributed by atoms with Gasteiger partial charge in [-0.15, -0.1) is 0 Å². The Bertz CT molecular complexity index is 1050. The van der Waals surface area contributed by atoms with E-state index in [9.17, 15) is 18.0 Å². The molecule has 1 aliphatic heterocycles. The number of alkyl halides is 3. The van der Waals surface area contributed by atoms with Gasteiger partial charge >= 0.3 is 6.18 Å². The SMILES string of the molecule is CCNc1nc(Cc2cc3c(cc2Cl)CN(C)C3=O)nc2c1C(C(F)(F)F)=CC2. The molecule has 1 aliphatic carbocycles. The third-order valence-corrected chi connectivity index (χ3v) is 5.41. The third-order valence-electron chi connectivity index (χ3n) is 5.05. The quantitative estimate of drug-likeness (QED) is 0.800. The summed E-state index contributed by atoms with van der Waals surface area (Å²) in [5.74, 6) is 0.444. The number of anilines is 1. The average Bonchev–Trinajstić information content (AvgIpc) is 3.18. The summed E-state index contributed by atoms with van der Waals surface area (Å²) in [6.07, 6.45) is -3.01. The minimum Gasteiger partial charge on any atom is -0.370 e. The highest BCUT2D eigenvalue weighted by Crippen LogP contribution is 2.42. The normalized spacial score (nSPS) is 15.4. The molecule has 4 rings (SSSR count). The highest BCUT2D eigenvalue weighted by Gasteiger charge is 2.40. The summed E-state index contributed by atoms with van der Waals surface area (Å²) in [5.41, 5.74) is 1.75. The molecule has 0 radical (unpaired) electrons. The van der Waals surface area contributed by atoms with Crippen molar-refractivity contribution in [1.82, 2.24) is 14.9 Å². The van der Waals surface area contributed by atoms with Gasteiger partial charge in [0.25, 0.3) is 5.91 Å². The second-order valence-electron chi connectivity index (χ2n) is 7.10. The molecule has 152 valence electrons. The van der Waals surface area contributed by atoms with Gasteiger partial charge in [-0.05, 0) is 30.2 Å². The van der Waals surface area contributed by atoms with Gasteiger partial charge in [0, 0.05) is 43.6 Å². The van der Waals surface area contributed by atoms with E-state index in [1.807, 2.05) is 0 Å². The molecule has 1 N–H and O–H groups in total. The Morgan fingerprint density at radius 2 is 2.03 bits per heavy atom. The minimum absolute atomic E-state index is 0.0138. The molecule has 0 bridgehead atoms. The molecular formula is C20H18ClF3N4O. The first-order valence-electron chi connectivity index (χ1n) is 9.17. The van der Waals surface area contributed by atoms with E-state index in [0.717, 1.165) is 11.6 Å². The van der Waals surface area contributed by atoms with E-state index >= 15 is 0 Å². The zero-order valence-corrected chi connectivity index (χ0v) is 16.6. The van der Waals surface area contributed by atoms with Crippen LogP contribution in [0, 0.1) is 0 Å².